The van der Waals surface area contributed by atoms with Crippen LogP contribution in [0.15, 0.2) is 0 Å². The standard InChI is InChI=1S/C17H35N3O/c1-6-12-18-14-8-10-15(11-9-14)20(5)13-16(21)19-17(3,4)7-2/h14-15,18H,6-13H2,1-5H3,(H,19,21). The van der Waals surface area contributed by atoms with Crippen LogP contribution < -0.4 is 10.6 Å². The van der Waals surface area contributed by atoms with E-state index in [1.165, 1.54) is 32.1 Å². The van der Waals surface area contributed by atoms with Crippen molar-refractivity contribution in [1.29, 1.82) is 0 Å². The first-order valence-electron chi connectivity index (χ1n) is 8.62. The van der Waals surface area contributed by atoms with E-state index in [0.29, 0.717) is 18.6 Å². The third-order valence-electron chi connectivity index (χ3n) is 4.76. The number of rotatable bonds is 8. The van der Waals surface area contributed by atoms with E-state index in [1.54, 1.807) is 0 Å². The number of amides is 1. The van der Waals surface area contributed by atoms with Gasteiger partial charge in [-0.3, -0.25) is 9.69 Å². The number of likely N-dealkylation sites (N-methyl/N-ethyl adjacent to an activating group) is 1. The summed E-state index contributed by atoms with van der Waals surface area (Å²) in [6, 6.07) is 1.24. The summed E-state index contributed by atoms with van der Waals surface area (Å²) in [6.07, 6.45) is 7.02. The first kappa shape index (κ1) is 18.4. The van der Waals surface area contributed by atoms with Gasteiger partial charge in [0.25, 0.3) is 0 Å². The molecule has 0 spiro atoms. The largest absolute Gasteiger partial charge is 0.350 e. The third kappa shape index (κ3) is 6.79. The fourth-order valence-corrected chi connectivity index (χ4v) is 2.93. The summed E-state index contributed by atoms with van der Waals surface area (Å²) in [5.74, 6) is 0.149. The lowest BCUT2D eigenvalue weighted by atomic mass is 9.90. The summed E-state index contributed by atoms with van der Waals surface area (Å²) >= 11 is 0. The van der Waals surface area contributed by atoms with E-state index in [0.717, 1.165) is 13.0 Å². The fourth-order valence-electron chi connectivity index (χ4n) is 2.93. The number of carbonyl (C=O) groups excluding carboxylic acids is 1. The van der Waals surface area contributed by atoms with E-state index in [2.05, 4.69) is 50.3 Å². The molecule has 0 radical (unpaired) electrons. The van der Waals surface area contributed by atoms with Crippen LogP contribution in [0.25, 0.3) is 0 Å². The quantitative estimate of drug-likeness (QED) is 0.723. The van der Waals surface area contributed by atoms with Crippen LogP contribution in [0, 0.1) is 0 Å². The van der Waals surface area contributed by atoms with Crippen LogP contribution in [0.4, 0.5) is 0 Å². The monoisotopic (exact) mass is 297 g/mol. The maximum absolute atomic E-state index is 12.1. The molecule has 1 saturated carbocycles. The van der Waals surface area contributed by atoms with E-state index in [-0.39, 0.29) is 11.4 Å². The summed E-state index contributed by atoms with van der Waals surface area (Å²) < 4.78 is 0. The topological polar surface area (TPSA) is 44.4 Å². The molecule has 0 atom stereocenters. The second-order valence-electron chi connectivity index (χ2n) is 7.16. The molecule has 4 nitrogen and oxygen atoms in total. The Labute approximate surface area is 131 Å². The molecule has 0 heterocycles. The van der Waals surface area contributed by atoms with E-state index in [4.69, 9.17) is 0 Å². The summed E-state index contributed by atoms with van der Waals surface area (Å²) in [5, 5.41) is 6.73. The Morgan fingerprint density at radius 2 is 1.81 bits per heavy atom. The van der Waals surface area contributed by atoms with Crippen LogP contribution in [-0.2, 0) is 4.79 Å². The highest BCUT2D eigenvalue weighted by Gasteiger charge is 2.25. The molecule has 21 heavy (non-hydrogen) atoms. The molecule has 0 unspecified atom stereocenters. The lowest BCUT2D eigenvalue weighted by Gasteiger charge is -2.35. The minimum Gasteiger partial charge on any atom is -0.350 e. The Morgan fingerprint density at radius 3 is 2.33 bits per heavy atom. The zero-order valence-corrected chi connectivity index (χ0v) is 14.7. The molecule has 0 bridgehead atoms. The molecule has 0 aromatic rings. The van der Waals surface area contributed by atoms with Gasteiger partial charge in [-0.05, 0) is 66.0 Å². The number of hydrogen-bond acceptors (Lipinski definition) is 3. The van der Waals surface area contributed by atoms with Crippen molar-refractivity contribution in [3.05, 3.63) is 0 Å². The van der Waals surface area contributed by atoms with Gasteiger partial charge in [0.15, 0.2) is 0 Å². The van der Waals surface area contributed by atoms with Crippen molar-refractivity contribution in [1.82, 2.24) is 15.5 Å². The predicted molar refractivity (Wildman–Crippen MR) is 89.5 cm³/mol. The molecule has 0 aromatic heterocycles. The maximum Gasteiger partial charge on any atom is 0.234 e. The van der Waals surface area contributed by atoms with Crippen LogP contribution >= 0.6 is 0 Å². The van der Waals surface area contributed by atoms with Crippen molar-refractivity contribution >= 4 is 5.91 Å². The van der Waals surface area contributed by atoms with Crippen LogP contribution in [0.3, 0.4) is 0 Å². The van der Waals surface area contributed by atoms with Gasteiger partial charge in [0, 0.05) is 17.6 Å². The van der Waals surface area contributed by atoms with Gasteiger partial charge in [-0.15, -0.1) is 0 Å². The van der Waals surface area contributed by atoms with Gasteiger partial charge in [0.05, 0.1) is 6.54 Å². The Balaban J connectivity index is 2.30. The minimum absolute atomic E-state index is 0.0976. The highest BCUT2D eigenvalue weighted by atomic mass is 16.2. The average Bonchev–Trinajstić information content (AvgIpc) is 2.45. The molecule has 1 rings (SSSR count). The van der Waals surface area contributed by atoms with Gasteiger partial charge in [-0.1, -0.05) is 13.8 Å². The maximum atomic E-state index is 12.1. The lowest BCUT2D eigenvalue weighted by molar-refractivity contribution is -0.124. The molecule has 0 aliphatic heterocycles. The number of carbonyl (C=O) groups is 1. The second-order valence-corrected chi connectivity index (χ2v) is 7.16. The molecule has 1 fully saturated rings. The molecule has 1 aliphatic rings. The number of nitrogens with zero attached hydrogens (tertiary/aromatic N) is 1. The lowest BCUT2D eigenvalue weighted by Crippen LogP contribution is -2.49. The van der Waals surface area contributed by atoms with Gasteiger partial charge < -0.3 is 10.6 Å². The van der Waals surface area contributed by atoms with E-state index >= 15 is 0 Å². The second kappa shape index (κ2) is 8.74. The molecular formula is C17H35N3O. The SMILES string of the molecule is CCCNC1CCC(N(C)CC(=O)NC(C)(C)CC)CC1. The molecule has 2 N–H and O–H groups in total. The van der Waals surface area contributed by atoms with Gasteiger partial charge in [-0.2, -0.15) is 0 Å². The molecule has 1 aliphatic carbocycles. The van der Waals surface area contributed by atoms with E-state index in [9.17, 15) is 4.79 Å². The molecule has 0 aromatic carbocycles. The smallest absolute Gasteiger partial charge is 0.234 e. The van der Waals surface area contributed by atoms with Crippen LogP contribution in [0.5, 0.6) is 0 Å². The van der Waals surface area contributed by atoms with Crippen molar-refractivity contribution in [2.45, 2.75) is 83.8 Å². The van der Waals surface area contributed by atoms with Gasteiger partial charge in [0.2, 0.25) is 5.91 Å². The van der Waals surface area contributed by atoms with Gasteiger partial charge >= 0.3 is 0 Å². The molecule has 124 valence electrons. The van der Waals surface area contributed by atoms with E-state index < -0.39 is 0 Å². The molecule has 1 amide bonds. The Bertz CT molecular complexity index is 309. The van der Waals surface area contributed by atoms with Crippen LogP contribution in [-0.4, -0.2) is 48.6 Å². The number of hydrogen-bond donors (Lipinski definition) is 2. The Morgan fingerprint density at radius 1 is 1.19 bits per heavy atom. The normalized spacial score (nSPS) is 23.3. The predicted octanol–water partition coefficient (Wildman–Crippen LogP) is 2.53. The van der Waals surface area contributed by atoms with Crippen molar-refractivity contribution in [3.63, 3.8) is 0 Å². The van der Waals surface area contributed by atoms with E-state index in [1.807, 2.05) is 0 Å². The Hall–Kier alpha value is -0.610. The van der Waals surface area contributed by atoms with Crippen LogP contribution in [0.1, 0.15) is 66.2 Å². The zero-order valence-electron chi connectivity index (χ0n) is 14.7. The number of nitrogens with one attached hydrogen (secondary N) is 2. The minimum atomic E-state index is -0.0976. The third-order valence-corrected chi connectivity index (χ3v) is 4.76. The van der Waals surface area contributed by atoms with Crippen molar-refractivity contribution in [3.8, 4) is 0 Å². The van der Waals surface area contributed by atoms with Gasteiger partial charge in [0.1, 0.15) is 0 Å². The average molecular weight is 297 g/mol. The summed E-state index contributed by atoms with van der Waals surface area (Å²) in [7, 11) is 2.09. The first-order valence-corrected chi connectivity index (χ1v) is 8.62. The van der Waals surface area contributed by atoms with Crippen molar-refractivity contribution < 1.29 is 4.79 Å². The molecular weight excluding hydrogens is 262 g/mol. The highest BCUT2D eigenvalue weighted by molar-refractivity contribution is 5.78. The first-order chi connectivity index (χ1) is 9.88. The van der Waals surface area contributed by atoms with Crippen LogP contribution in [0.2, 0.25) is 0 Å². The zero-order chi connectivity index (χ0) is 15.9. The highest BCUT2D eigenvalue weighted by Crippen LogP contribution is 2.22. The Kier molecular flexibility index (Phi) is 7.67. The summed E-state index contributed by atoms with van der Waals surface area (Å²) in [5.41, 5.74) is -0.0976. The fraction of sp³-hybridized carbons (Fsp3) is 0.941. The van der Waals surface area contributed by atoms with Crippen molar-refractivity contribution in [2.24, 2.45) is 0 Å². The summed E-state index contributed by atoms with van der Waals surface area (Å²) in [6.45, 7) is 10.1. The molecule has 0 saturated heterocycles. The summed E-state index contributed by atoms with van der Waals surface area (Å²) in [4.78, 5) is 14.3. The molecule has 4 heteroatoms. The van der Waals surface area contributed by atoms with Crippen molar-refractivity contribution in [2.75, 3.05) is 20.1 Å². The van der Waals surface area contributed by atoms with Gasteiger partial charge in [-0.25, -0.2) is 0 Å².